The Hall–Kier alpha value is -5.72. The highest BCUT2D eigenvalue weighted by atomic mass is 16.6. The Labute approximate surface area is 263 Å². The molecule has 0 aromatic heterocycles. The molecular weight excluding hydrogens is 600 g/mol. The maximum atomic E-state index is 12.8. The second-order valence-corrected chi connectivity index (χ2v) is 10.3. The number of nitrogens with one attached hydrogen (secondary N) is 2. The van der Waals surface area contributed by atoms with Crippen LogP contribution in [0.25, 0.3) is 11.1 Å². The first kappa shape index (κ1) is 33.2. The molecule has 0 aliphatic heterocycles. The van der Waals surface area contributed by atoms with Crippen LogP contribution in [0.1, 0.15) is 36.5 Å². The van der Waals surface area contributed by atoms with Crippen molar-refractivity contribution in [1.82, 2.24) is 5.32 Å². The summed E-state index contributed by atoms with van der Waals surface area (Å²) in [5.41, 5.74) is 4.97. The van der Waals surface area contributed by atoms with E-state index < -0.39 is 54.1 Å². The monoisotopic (exact) mass is 632 g/mol. The molecule has 1 aliphatic carbocycles. The first-order valence-electron chi connectivity index (χ1n) is 14.1. The Morgan fingerprint density at radius 2 is 1.33 bits per heavy atom. The molecule has 13 nitrogen and oxygen atoms in total. The molecule has 240 valence electrons. The number of aliphatic carboxylic acids is 1. The average Bonchev–Trinajstić information content (AvgIpc) is 3.35. The number of anilines is 1. The Bertz CT molecular complexity index is 1590. The van der Waals surface area contributed by atoms with Gasteiger partial charge in [0.15, 0.2) is 0 Å². The predicted octanol–water partition coefficient (Wildman–Crippen LogP) is 3.20. The first-order chi connectivity index (χ1) is 22.0. The van der Waals surface area contributed by atoms with Gasteiger partial charge in [-0.3, -0.25) is 14.4 Å². The van der Waals surface area contributed by atoms with Crippen LogP contribution in [0.4, 0.5) is 10.5 Å². The number of benzene rings is 3. The van der Waals surface area contributed by atoms with Gasteiger partial charge in [0.1, 0.15) is 12.6 Å². The van der Waals surface area contributed by atoms with E-state index in [1.165, 1.54) is 19.2 Å². The molecule has 0 saturated heterocycles. The number of carbonyl (C=O) groups excluding carboxylic acids is 5. The normalized spacial score (nSPS) is 13.5. The predicted molar refractivity (Wildman–Crippen MR) is 162 cm³/mol. The van der Waals surface area contributed by atoms with Crippen LogP contribution in [0.2, 0.25) is 0 Å². The number of carboxylic acid groups (broad SMARTS) is 1. The van der Waals surface area contributed by atoms with E-state index in [1.807, 2.05) is 48.5 Å². The minimum absolute atomic E-state index is 0.00864. The van der Waals surface area contributed by atoms with E-state index in [-0.39, 0.29) is 24.6 Å². The summed E-state index contributed by atoms with van der Waals surface area (Å²) in [5, 5.41) is 14.4. The summed E-state index contributed by atoms with van der Waals surface area (Å²) in [7, 11) is 1.19. The molecule has 0 spiro atoms. The standard InChI is InChI=1S/C33H32N2O11/c1-18(36)45-28(29(31(39)40)46-19(2)37)30(38)34-21-14-12-20(13-15-21)16-27(32(41)43-3)35-33(42)44-17-26-24-10-6-4-8-22(24)23-9-5-7-11-25(23)26/h4-15,26-29H,16-17H2,1-3H3,(H,34,38)(H,35,42)(H,39,40)/t27?,28-,29-/m0/s1. The number of methoxy groups -OCH3 is 1. The van der Waals surface area contributed by atoms with Gasteiger partial charge in [0, 0.05) is 31.9 Å². The van der Waals surface area contributed by atoms with E-state index >= 15 is 0 Å². The van der Waals surface area contributed by atoms with Crippen molar-refractivity contribution in [2.45, 2.75) is 44.4 Å². The molecule has 0 bridgehead atoms. The number of fused-ring (bicyclic) bond motifs is 3. The van der Waals surface area contributed by atoms with Gasteiger partial charge in [-0.25, -0.2) is 14.4 Å². The van der Waals surface area contributed by atoms with Gasteiger partial charge in [-0.15, -0.1) is 0 Å². The number of rotatable bonds is 12. The molecule has 0 heterocycles. The second-order valence-electron chi connectivity index (χ2n) is 10.3. The number of esters is 3. The third-order valence-electron chi connectivity index (χ3n) is 7.15. The Kier molecular flexibility index (Phi) is 10.7. The Balaban J connectivity index is 1.39. The molecule has 2 amide bonds. The average molecular weight is 633 g/mol. The molecule has 3 N–H and O–H groups in total. The lowest BCUT2D eigenvalue weighted by Crippen LogP contribution is -2.47. The summed E-state index contributed by atoms with van der Waals surface area (Å²) in [6.07, 6.45) is -4.85. The van der Waals surface area contributed by atoms with Gasteiger partial charge < -0.3 is 34.7 Å². The number of ether oxygens (including phenoxy) is 4. The molecule has 1 unspecified atom stereocenters. The maximum Gasteiger partial charge on any atom is 0.407 e. The minimum atomic E-state index is -2.08. The van der Waals surface area contributed by atoms with Gasteiger partial charge in [0.05, 0.1) is 7.11 Å². The highest BCUT2D eigenvalue weighted by Crippen LogP contribution is 2.44. The SMILES string of the molecule is COC(=O)C(Cc1ccc(NC(=O)[C@@H](OC(C)=O)[C@H](OC(C)=O)C(=O)O)cc1)NC(=O)OCC1c2ccccc2-c2ccccc21. The summed E-state index contributed by atoms with van der Waals surface area (Å²) >= 11 is 0. The van der Waals surface area contributed by atoms with Crippen molar-refractivity contribution in [3.05, 3.63) is 89.5 Å². The second kappa shape index (κ2) is 14.8. The molecule has 46 heavy (non-hydrogen) atoms. The number of amides is 2. The zero-order valence-corrected chi connectivity index (χ0v) is 25.2. The van der Waals surface area contributed by atoms with Crippen LogP contribution in [0.3, 0.4) is 0 Å². The summed E-state index contributed by atoms with van der Waals surface area (Å²) in [6, 6.07) is 20.7. The zero-order valence-electron chi connectivity index (χ0n) is 25.2. The molecule has 0 saturated carbocycles. The van der Waals surface area contributed by atoms with Crippen molar-refractivity contribution < 1.29 is 52.8 Å². The number of carbonyl (C=O) groups is 6. The topological polar surface area (TPSA) is 184 Å². The number of carboxylic acids is 1. The van der Waals surface area contributed by atoms with Crippen molar-refractivity contribution in [3.63, 3.8) is 0 Å². The van der Waals surface area contributed by atoms with Crippen molar-refractivity contribution in [2.75, 3.05) is 19.0 Å². The number of hydrogen-bond donors (Lipinski definition) is 3. The zero-order chi connectivity index (χ0) is 33.4. The molecule has 3 atom stereocenters. The van der Waals surface area contributed by atoms with Gasteiger partial charge in [-0.2, -0.15) is 0 Å². The maximum absolute atomic E-state index is 12.8. The number of hydrogen-bond acceptors (Lipinski definition) is 10. The summed E-state index contributed by atoms with van der Waals surface area (Å²) < 4.78 is 19.9. The van der Waals surface area contributed by atoms with Crippen molar-refractivity contribution in [2.24, 2.45) is 0 Å². The molecule has 4 rings (SSSR count). The van der Waals surface area contributed by atoms with Gasteiger partial charge >= 0.3 is 30.0 Å². The van der Waals surface area contributed by atoms with E-state index in [2.05, 4.69) is 15.4 Å². The van der Waals surface area contributed by atoms with Crippen molar-refractivity contribution in [3.8, 4) is 11.1 Å². The van der Waals surface area contributed by atoms with Crippen molar-refractivity contribution >= 4 is 41.6 Å². The molecule has 13 heteroatoms. The van der Waals surface area contributed by atoms with Gasteiger partial charge in [-0.05, 0) is 39.9 Å². The highest BCUT2D eigenvalue weighted by Gasteiger charge is 2.39. The van der Waals surface area contributed by atoms with Crippen LogP contribution < -0.4 is 10.6 Å². The van der Waals surface area contributed by atoms with Crippen LogP contribution in [0.5, 0.6) is 0 Å². The lowest BCUT2D eigenvalue weighted by molar-refractivity contribution is -0.179. The van der Waals surface area contributed by atoms with Crippen LogP contribution in [-0.4, -0.2) is 73.0 Å². The Morgan fingerprint density at radius 3 is 1.85 bits per heavy atom. The quantitative estimate of drug-likeness (QED) is 0.197. The van der Waals surface area contributed by atoms with Crippen molar-refractivity contribution in [1.29, 1.82) is 0 Å². The van der Waals surface area contributed by atoms with E-state index in [1.54, 1.807) is 12.1 Å². The van der Waals surface area contributed by atoms with E-state index in [9.17, 15) is 33.9 Å². The summed E-state index contributed by atoms with van der Waals surface area (Å²) in [4.78, 5) is 72.7. The lowest BCUT2D eigenvalue weighted by atomic mass is 9.98. The van der Waals surface area contributed by atoms with E-state index in [0.717, 1.165) is 36.1 Å². The van der Waals surface area contributed by atoms with Crippen LogP contribution in [0, 0.1) is 0 Å². The molecule has 1 aliphatic rings. The smallest absolute Gasteiger partial charge is 0.407 e. The van der Waals surface area contributed by atoms with Crippen LogP contribution >= 0.6 is 0 Å². The number of alkyl carbamates (subject to hydrolysis) is 1. The Morgan fingerprint density at radius 1 is 0.783 bits per heavy atom. The third-order valence-corrected chi connectivity index (χ3v) is 7.15. The van der Waals surface area contributed by atoms with Gasteiger partial charge in [0.2, 0.25) is 12.2 Å². The van der Waals surface area contributed by atoms with Gasteiger partial charge in [-0.1, -0.05) is 60.7 Å². The summed E-state index contributed by atoms with van der Waals surface area (Å²) in [5.74, 6) is -5.58. The largest absolute Gasteiger partial charge is 0.478 e. The fourth-order valence-electron chi connectivity index (χ4n) is 5.14. The van der Waals surface area contributed by atoms with Crippen LogP contribution in [-0.2, 0) is 49.3 Å². The molecule has 3 aromatic rings. The minimum Gasteiger partial charge on any atom is -0.478 e. The fraction of sp³-hybridized carbons (Fsp3) is 0.273. The molecule has 0 fully saturated rings. The molecule has 0 radical (unpaired) electrons. The van der Waals surface area contributed by atoms with Gasteiger partial charge in [0.25, 0.3) is 5.91 Å². The summed E-state index contributed by atoms with van der Waals surface area (Å²) in [6.45, 7) is 1.97. The van der Waals surface area contributed by atoms with E-state index in [4.69, 9.17) is 14.2 Å². The highest BCUT2D eigenvalue weighted by molar-refractivity contribution is 5.99. The molecular formula is C33H32N2O11. The lowest BCUT2D eigenvalue weighted by Gasteiger charge is -2.22. The van der Waals surface area contributed by atoms with Crippen LogP contribution in [0.15, 0.2) is 72.8 Å². The van der Waals surface area contributed by atoms with E-state index in [0.29, 0.717) is 5.56 Å². The molecule has 3 aromatic carbocycles. The first-order valence-corrected chi connectivity index (χ1v) is 14.1. The fourth-order valence-corrected chi connectivity index (χ4v) is 5.14. The third kappa shape index (κ3) is 8.05.